The predicted molar refractivity (Wildman–Crippen MR) is 111 cm³/mol. The lowest BCUT2D eigenvalue weighted by molar-refractivity contribution is 0.245. The molecule has 1 fully saturated rings. The van der Waals surface area contributed by atoms with E-state index in [2.05, 4.69) is 22.2 Å². The molecule has 0 amide bonds. The van der Waals surface area contributed by atoms with Crippen LogP contribution in [-0.4, -0.2) is 28.1 Å². The molecule has 1 saturated carbocycles. The normalized spacial score (nSPS) is 22.7. The highest BCUT2D eigenvalue weighted by atomic mass is 32.2. The number of ether oxygens (including phenoxy) is 1. The fraction of sp³-hybridized carbons (Fsp3) is 0.429. The van der Waals surface area contributed by atoms with Gasteiger partial charge in [0.2, 0.25) is 0 Å². The number of hydrogen-bond donors (Lipinski definition) is 3. The van der Waals surface area contributed by atoms with Crippen molar-refractivity contribution in [2.75, 3.05) is 13.7 Å². The van der Waals surface area contributed by atoms with Crippen LogP contribution in [0.3, 0.4) is 0 Å². The van der Waals surface area contributed by atoms with E-state index >= 15 is 0 Å². The maximum Gasteiger partial charge on any atom is 0.274 e. The van der Waals surface area contributed by atoms with Crippen molar-refractivity contribution in [3.8, 4) is 5.75 Å². The standard InChI is InChI=1S/C21H29N3O3S/c1-27-20-9-5-8-18(14-20)21(16-24-28(22,25)26)12-10-19(11-13-21)23-15-17-6-3-2-4-7-17/h2-9,14,19,23-24H,10-13,15-16H2,1H3,(H2,22,25,26)/t19-,21-. The number of hydrogen-bond acceptors (Lipinski definition) is 4. The first-order valence-corrected chi connectivity index (χ1v) is 11.1. The smallest absolute Gasteiger partial charge is 0.274 e. The molecular weight excluding hydrogens is 374 g/mol. The Morgan fingerprint density at radius 2 is 1.82 bits per heavy atom. The van der Waals surface area contributed by atoms with Crippen LogP contribution in [0.5, 0.6) is 5.75 Å². The Morgan fingerprint density at radius 1 is 1.11 bits per heavy atom. The van der Waals surface area contributed by atoms with Gasteiger partial charge in [0.05, 0.1) is 7.11 Å². The summed E-state index contributed by atoms with van der Waals surface area (Å²) in [4.78, 5) is 0. The van der Waals surface area contributed by atoms with Gasteiger partial charge in [0.25, 0.3) is 10.2 Å². The van der Waals surface area contributed by atoms with Crippen molar-refractivity contribution in [2.24, 2.45) is 5.14 Å². The van der Waals surface area contributed by atoms with E-state index in [1.54, 1.807) is 7.11 Å². The summed E-state index contributed by atoms with van der Waals surface area (Å²) in [5, 5.41) is 8.84. The van der Waals surface area contributed by atoms with Crippen LogP contribution in [0, 0.1) is 0 Å². The van der Waals surface area contributed by atoms with Gasteiger partial charge in [0, 0.05) is 24.5 Å². The molecule has 0 unspecified atom stereocenters. The van der Waals surface area contributed by atoms with Gasteiger partial charge in [-0.15, -0.1) is 0 Å². The van der Waals surface area contributed by atoms with Crippen molar-refractivity contribution in [1.29, 1.82) is 0 Å². The molecule has 0 spiro atoms. The number of rotatable bonds is 8. The Kier molecular flexibility index (Phi) is 6.72. The van der Waals surface area contributed by atoms with E-state index in [4.69, 9.17) is 9.88 Å². The van der Waals surface area contributed by atoms with E-state index < -0.39 is 10.2 Å². The monoisotopic (exact) mass is 403 g/mol. The average Bonchev–Trinajstić information content (AvgIpc) is 2.72. The van der Waals surface area contributed by atoms with Crippen LogP contribution in [0.2, 0.25) is 0 Å². The summed E-state index contributed by atoms with van der Waals surface area (Å²) in [5.74, 6) is 0.775. The molecular formula is C21H29N3O3S. The van der Waals surface area contributed by atoms with Crippen LogP contribution >= 0.6 is 0 Å². The van der Waals surface area contributed by atoms with Crippen LogP contribution < -0.4 is 19.9 Å². The highest BCUT2D eigenvalue weighted by Gasteiger charge is 2.37. The highest BCUT2D eigenvalue weighted by molar-refractivity contribution is 7.87. The number of nitrogens with two attached hydrogens (primary N) is 1. The lowest BCUT2D eigenvalue weighted by atomic mass is 9.68. The summed E-state index contributed by atoms with van der Waals surface area (Å²) in [6.07, 6.45) is 3.68. The summed E-state index contributed by atoms with van der Waals surface area (Å²) < 4.78 is 30.9. The van der Waals surface area contributed by atoms with Crippen molar-refractivity contribution in [3.05, 3.63) is 65.7 Å². The van der Waals surface area contributed by atoms with E-state index in [1.807, 2.05) is 42.5 Å². The van der Waals surface area contributed by atoms with Gasteiger partial charge in [-0.1, -0.05) is 42.5 Å². The second-order valence-corrected chi connectivity index (χ2v) is 8.90. The van der Waals surface area contributed by atoms with Crippen LogP contribution in [0.4, 0.5) is 0 Å². The van der Waals surface area contributed by atoms with E-state index in [0.717, 1.165) is 43.5 Å². The van der Waals surface area contributed by atoms with E-state index in [0.29, 0.717) is 12.6 Å². The minimum Gasteiger partial charge on any atom is -0.497 e. The van der Waals surface area contributed by atoms with Gasteiger partial charge in [0.1, 0.15) is 5.75 Å². The van der Waals surface area contributed by atoms with Gasteiger partial charge >= 0.3 is 0 Å². The summed E-state index contributed by atoms with van der Waals surface area (Å²) in [6.45, 7) is 1.14. The first-order chi connectivity index (χ1) is 13.4. The number of benzene rings is 2. The van der Waals surface area contributed by atoms with Gasteiger partial charge in [0.15, 0.2) is 0 Å². The van der Waals surface area contributed by atoms with Crippen LogP contribution in [-0.2, 0) is 22.2 Å². The molecule has 0 radical (unpaired) electrons. The Morgan fingerprint density at radius 3 is 2.46 bits per heavy atom. The molecule has 1 aliphatic carbocycles. The zero-order chi connectivity index (χ0) is 20.0. The summed E-state index contributed by atoms with van der Waals surface area (Å²) in [6, 6.07) is 18.7. The molecule has 2 aromatic rings. The third-order valence-corrected chi connectivity index (χ3v) is 6.22. The molecule has 2 aromatic carbocycles. The zero-order valence-corrected chi connectivity index (χ0v) is 17.0. The molecule has 0 aromatic heterocycles. The molecule has 0 atom stereocenters. The van der Waals surface area contributed by atoms with Crippen LogP contribution in [0.15, 0.2) is 54.6 Å². The second-order valence-electron chi connectivity index (χ2n) is 7.52. The first-order valence-electron chi connectivity index (χ1n) is 9.59. The summed E-state index contributed by atoms with van der Waals surface area (Å²) in [7, 11) is -2.10. The van der Waals surface area contributed by atoms with Crippen LogP contribution in [0.1, 0.15) is 36.8 Å². The fourth-order valence-corrected chi connectivity index (χ4v) is 4.47. The molecule has 0 heterocycles. The number of methoxy groups -OCH3 is 1. The average molecular weight is 404 g/mol. The first kappa shape index (κ1) is 20.8. The van der Waals surface area contributed by atoms with Gasteiger partial charge in [-0.3, -0.25) is 0 Å². The topological polar surface area (TPSA) is 93.4 Å². The molecule has 28 heavy (non-hydrogen) atoms. The molecule has 3 rings (SSSR count). The van der Waals surface area contributed by atoms with Gasteiger partial charge in [-0.2, -0.15) is 8.42 Å². The second kappa shape index (κ2) is 9.05. The fourth-order valence-electron chi connectivity index (χ4n) is 3.99. The molecule has 4 N–H and O–H groups in total. The van der Waals surface area contributed by atoms with Gasteiger partial charge < -0.3 is 10.1 Å². The van der Waals surface area contributed by atoms with Crippen molar-refractivity contribution in [3.63, 3.8) is 0 Å². The maximum absolute atomic E-state index is 11.5. The highest BCUT2D eigenvalue weighted by Crippen LogP contribution is 2.40. The molecule has 0 bridgehead atoms. The molecule has 152 valence electrons. The Labute approximate surface area is 167 Å². The van der Waals surface area contributed by atoms with Crippen molar-refractivity contribution >= 4 is 10.2 Å². The van der Waals surface area contributed by atoms with E-state index in [9.17, 15) is 8.42 Å². The quantitative estimate of drug-likeness (QED) is 0.631. The Balaban J connectivity index is 1.70. The van der Waals surface area contributed by atoms with Crippen molar-refractivity contribution in [1.82, 2.24) is 10.0 Å². The Hall–Kier alpha value is -1.93. The molecule has 1 aliphatic rings. The van der Waals surface area contributed by atoms with Gasteiger partial charge in [-0.05, 0) is 48.9 Å². The van der Waals surface area contributed by atoms with Crippen molar-refractivity contribution < 1.29 is 13.2 Å². The van der Waals surface area contributed by atoms with Crippen molar-refractivity contribution in [2.45, 2.75) is 43.7 Å². The largest absolute Gasteiger partial charge is 0.497 e. The maximum atomic E-state index is 11.5. The minimum absolute atomic E-state index is 0.286. The van der Waals surface area contributed by atoms with Gasteiger partial charge in [-0.25, -0.2) is 9.86 Å². The SMILES string of the molecule is COc1cccc([C@]2(CNS(N)(=O)=O)CC[C@@H](NCc3ccccc3)CC2)c1. The zero-order valence-electron chi connectivity index (χ0n) is 16.2. The molecule has 6 nitrogen and oxygen atoms in total. The predicted octanol–water partition coefficient (Wildman–Crippen LogP) is 2.46. The lowest BCUT2D eigenvalue weighted by Gasteiger charge is -2.41. The van der Waals surface area contributed by atoms with E-state index in [-0.39, 0.29) is 5.41 Å². The Bertz CT molecular complexity index is 863. The summed E-state index contributed by atoms with van der Waals surface area (Å²) in [5.41, 5.74) is 2.07. The molecule has 7 heteroatoms. The molecule has 0 aliphatic heterocycles. The summed E-state index contributed by atoms with van der Waals surface area (Å²) >= 11 is 0. The third kappa shape index (κ3) is 5.54. The molecule has 0 saturated heterocycles. The number of nitrogens with one attached hydrogen (secondary N) is 2. The van der Waals surface area contributed by atoms with Crippen LogP contribution in [0.25, 0.3) is 0 Å². The lowest BCUT2D eigenvalue weighted by Crippen LogP contribution is -2.47. The minimum atomic E-state index is -3.74. The third-order valence-electron chi connectivity index (χ3n) is 5.67. The van der Waals surface area contributed by atoms with E-state index in [1.165, 1.54) is 5.56 Å².